The van der Waals surface area contributed by atoms with Gasteiger partial charge in [-0.3, -0.25) is 4.99 Å². The number of para-hydroxylation sites is 1. The van der Waals surface area contributed by atoms with E-state index in [4.69, 9.17) is 4.74 Å². The quantitative estimate of drug-likeness (QED) is 0.643. The van der Waals surface area contributed by atoms with E-state index in [1.54, 1.807) is 0 Å². The molecule has 2 unspecified atom stereocenters. The first-order valence-electron chi connectivity index (χ1n) is 8.94. The Morgan fingerprint density at radius 2 is 2.12 bits per heavy atom. The lowest BCUT2D eigenvalue weighted by atomic mass is 9.86. The van der Waals surface area contributed by atoms with Crippen molar-refractivity contribution in [3.63, 3.8) is 0 Å². The summed E-state index contributed by atoms with van der Waals surface area (Å²) in [5.41, 5.74) is 1.26. The number of guanidine groups is 1. The van der Waals surface area contributed by atoms with E-state index in [0.29, 0.717) is 5.25 Å². The van der Waals surface area contributed by atoms with Crippen LogP contribution in [0.15, 0.2) is 29.3 Å². The fraction of sp³-hybridized carbons (Fsp3) is 0.632. The Hall–Kier alpha value is -1.36. The van der Waals surface area contributed by atoms with E-state index in [1.807, 2.05) is 18.8 Å². The van der Waals surface area contributed by atoms with Crippen molar-refractivity contribution in [1.82, 2.24) is 10.6 Å². The molecule has 5 heteroatoms. The zero-order valence-electron chi connectivity index (χ0n) is 15.0. The van der Waals surface area contributed by atoms with Gasteiger partial charge in [0.25, 0.3) is 0 Å². The topological polar surface area (TPSA) is 45.7 Å². The second-order valence-electron chi connectivity index (χ2n) is 6.93. The molecule has 2 N–H and O–H groups in total. The number of rotatable bonds is 4. The van der Waals surface area contributed by atoms with Crippen molar-refractivity contribution in [2.24, 2.45) is 4.99 Å². The Labute approximate surface area is 149 Å². The highest BCUT2D eigenvalue weighted by Gasteiger charge is 2.43. The first kappa shape index (κ1) is 17.5. The van der Waals surface area contributed by atoms with Crippen molar-refractivity contribution >= 4 is 17.7 Å². The summed E-state index contributed by atoms with van der Waals surface area (Å²) < 4.78 is 6.44. The smallest absolute Gasteiger partial charge is 0.191 e. The number of fused-ring (bicyclic) bond motifs is 1. The fourth-order valence-electron chi connectivity index (χ4n) is 3.76. The molecule has 0 radical (unpaired) electrons. The maximum absolute atomic E-state index is 6.44. The minimum absolute atomic E-state index is 0.0113. The molecular formula is C19H29N3OS. The molecule has 1 fully saturated rings. The summed E-state index contributed by atoms with van der Waals surface area (Å²) in [7, 11) is 1.84. The molecule has 1 aromatic carbocycles. The van der Waals surface area contributed by atoms with E-state index >= 15 is 0 Å². The molecule has 4 nitrogen and oxygen atoms in total. The first-order valence-corrected chi connectivity index (χ1v) is 10.2. The van der Waals surface area contributed by atoms with Crippen LogP contribution >= 0.6 is 11.8 Å². The number of benzene rings is 1. The monoisotopic (exact) mass is 347 g/mol. The maximum Gasteiger partial charge on any atom is 0.191 e. The summed E-state index contributed by atoms with van der Waals surface area (Å²) in [5, 5.41) is 7.66. The molecule has 2 atom stereocenters. The van der Waals surface area contributed by atoms with Gasteiger partial charge in [0.2, 0.25) is 0 Å². The Morgan fingerprint density at radius 3 is 2.83 bits per heavy atom. The van der Waals surface area contributed by atoms with E-state index in [9.17, 15) is 0 Å². The van der Waals surface area contributed by atoms with Gasteiger partial charge in [-0.15, -0.1) is 0 Å². The number of thioether (sulfide) groups is 1. The number of ether oxygens (including phenoxy) is 1. The van der Waals surface area contributed by atoms with Gasteiger partial charge >= 0.3 is 0 Å². The Morgan fingerprint density at radius 1 is 1.38 bits per heavy atom. The van der Waals surface area contributed by atoms with Gasteiger partial charge in [-0.2, -0.15) is 11.8 Å². The van der Waals surface area contributed by atoms with Gasteiger partial charge in [-0.25, -0.2) is 0 Å². The summed E-state index contributed by atoms with van der Waals surface area (Å²) in [6.07, 6.45) is 8.02. The molecule has 1 aromatic rings. The number of nitrogens with one attached hydrogen (secondary N) is 2. The SMILES string of the molecule is CN=C(NCC(C)SC)NC1CC2(CCCC2)Oc2ccccc21. The molecule has 1 spiro atoms. The lowest BCUT2D eigenvalue weighted by molar-refractivity contribution is 0.0396. The zero-order chi connectivity index (χ0) is 17.0. The van der Waals surface area contributed by atoms with Gasteiger partial charge < -0.3 is 15.4 Å². The van der Waals surface area contributed by atoms with Gasteiger partial charge in [0.15, 0.2) is 5.96 Å². The lowest BCUT2D eigenvalue weighted by Gasteiger charge is -2.40. The molecule has 0 bridgehead atoms. The molecule has 0 amide bonds. The molecule has 1 aliphatic carbocycles. The van der Waals surface area contributed by atoms with Crippen molar-refractivity contribution < 1.29 is 4.74 Å². The number of hydrogen-bond donors (Lipinski definition) is 2. The third-order valence-electron chi connectivity index (χ3n) is 5.21. The van der Waals surface area contributed by atoms with Crippen molar-refractivity contribution in [1.29, 1.82) is 0 Å². The molecule has 24 heavy (non-hydrogen) atoms. The molecule has 1 saturated carbocycles. The summed E-state index contributed by atoms with van der Waals surface area (Å²) in [4.78, 5) is 4.42. The van der Waals surface area contributed by atoms with Crippen LogP contribution in [-0.4, -0.2) is 36.7 Å². The van der Waals surface area contributed by atoms with E-state index in [2.05, 4.69) is 53.1 Å². The van der Waals surface area contributed by atoms with Crippen LogP contribution in [-0.2, 0) is 0 Å². The predicted octanol–water partition coefficient (Wildman–Crippen LogP) is 3.74. The van der Waals surface area contributed by atoms with Crippen molar-refractivity contribution in [2.45, 2.75) is 55.9 Å². The Kier molecular flexibility index (Phi) is 5.59. The third kappa shape index (κ3) is 3.82. The molecular weight excluding hydrogens is 318 g/mol. The molecule has 1 aliphatic heterocycles. The van der Waals surface area contributed by atoms with Crippen LogP contribution in [0.25, 0.3) is 0 Å². The molecule has 3 rings (SSSR count). The molecule has 132 valence electrons. The number of aliphatic imine (C=N–C) groups is 1. The second-order valence-corrected chi connectivity index (χ2v) is 8.21. The van der Waals surface area contributed by atoms with Crippen LogP contribution in [0.3, 0.4) is 0 Å². The highest BCUT2D eigenvalue weighted by atomic mass is 32.2. The average Bonchev–Trinajstić information content (AvgIpc) is 3.05. The lowest BCUT2D eigenvalue weighted by Crippen LogP contribution is -2.47. The number of nitrogens with zero attached hydrogens (tertiary/aromatic N) is 1. The summed E-state index contributed by atoms with van der Waals surface area (Å²) in [6, 6.07) is 8.69. The molecule has 1 heterocycles. The van der Waals surface area contributed by atoms with E-state index < -0.39 is 0 Å². The number of hydrogen-bond acceptors (Lipinski definition) is 3. The molecule has 0 saturated heterocycles. The normalized spacial score (nSPS) is 23.5. The van der Waals surface area contributed by atoms with Crippen molar-refractivity contribution in [2.75, 3.05) is 19.8 Å². The maximum atomic E-state index is 6.44. The molecule has 2 aliphatic rings. The summed E-state index contributed by atoms with van der Waals surface area (Å²) >= 11 is 1.86. The molecule has 0 aromatic heterocycles. The minimum atomic E-state index is 0.0113. The van der Waals surface area contributed by atoms with Crippen LogP contribution in [0.5, 0.6) is 5.75 Å². The van der Waals surface area contributed by atoms with Crippen LogP contribution in [0.2, 0.25) is 0 Å². The van der Waals surface area contributed by atoms with Crippen LogP contribution in [0, 0.1) is 0 Å². The summed E-state index contributed by atoms with van der Waals surface area (Å²) in [5.74, 6) is 1.92. The average molecular weight is 348 g/mol. The standard InChI is InChI=1S/C19H29N3OS/c1-14(24-3)13-21-18(20-2)22-16-12-19(10-6-7-11-19)23-17-9-5-4-8-15(16)17/h4-5,8-9,14,16H,6-7,10-13H2,1-3H3,(H2,20,21,22). The van der Waals surface area contributed by atoms with Crippen LogP contribution in [0.4, 0.5) is 0 Å². The summed E-state index contributed by atoms with van der Waals surface area (Å²) in [6.45, 7) is 3.14. The Balaban J connectivity index is 1.75. The van der Waals surface area contributed by atoms with Gasteiger partial charge in [-0.1, -0.05) is 25.1 Å². The minimum Gasteiger partial charge on any atom is -0.487 e. The van der Waals surface area contributed by atoms with Gasteiger partial charge in [0, 0.05) is 30.8 Å². The highest BCUT2D eigenvalue weighted by Crippen LogP contribution is 2.46. The second kappa shape index (κ2) is 7.68. The van der Waals surface area contributed by atoms with Crippen molar-refractivity contribution in [3.05, 3.63) is 29.8 Å². The zero-order valence-corrected chi connectivity index (χ0v) is 15.8. The van der Waals surface area contributed by atoms with E-state index in [1.165, 1.54) is 18.4 Å². The van der Waals surface area contributed by atoms with Gasteiger partial charge in [0.1, 0.15) is 11.4 Å². The van der Waals surface area contributed by atoms with E-state index in [-0.39, 0.29) is 11.6 Å². The fourth-order valence-corrected chi connectivity index (χ4v) is 4.01. The predicted molar refractivity (Wildman–Crippen MR) is 103 cm³/mol. The van der Waals surface area contributed by atoms with Gasteiger partial charge in [0.05, 0.1) is 6.04 Å². The highest BCUT2D eigenvalue weighted by molar-refractivity contribution is 7.99. The van der Waals surface area contributed by atoms with Gasteiger partial charge in [-0.05, 0) is 38.0 Å². The Bertz CT molecular complexity index is 584. The van der Waals surface area contributed by atoms with Crippen molar-refractivity contribution in [3.8, 4) is 5.75 Å². The third-order valence-corrected chi connectivity index (χ3v) is 6.18. The largest absolute Gasteiger partial charge is 0.487 e. The van der Waals surface area contributed by atoms with Crippen LogP contribution in [0.1, 0.15) is 50.6 Å². The first-order chi connectivity index (χ1) is 11.7. The van der Waals surface area contributed by atoms with E-state index in [0.717, 1.165) is 37.5 Å². The van der Waals surface area contributed by atoms with Crippen LogP contribution < -0.4 is 15.4 Å².